The van der Waals surface area contributed by atoms with Gasteiger partial charge in [0, 0.05) is 57.6 Å². The Morgan fingerprint density at radius 3 is 2.13 bits per heavy atom. The van der Waals surface area contributed by atoms with Crippen molar-refractivity contribution in [1.82, 2.24) is 30.2 Å². The molecule has 3 aliphatic rings. The second-order valence-corrected chi connectivity index (χ2v) is 22.4. The number of halogens is 1. The zero-order valence-corrected chi connectivity index (χ0v) is 44.0. The van der Waals surface area contributed by atoms with Gasteiger partial charge in [0.2, 0.25) is 35.4 Å². The van der Waals surface area contributed by atoms with Crippen molar-refractivity contribution in [3.8, 4) is 5.75 Å². The number of phenolic OH excluding ortho intramolecular Hbond substituents is 1. The number of aromatic hydroxyl groups is 1. The van der Waals surface area contributed by atoms with Crippen molar-refractivity contribution in [3.05, 3.63) is 64.1 Å². The van der Waals surface area contributed by atoms with E-state index in [1.807, 2.05) is 51.1 Å². The molecule has 8 atom stereocenters. The zero-order valence-electron chi connectivity index (χ0n) is 41.6. The molecule has 0 unspecified atom stereocenters. The van der Waals surface area contributed by atoms with Crippen molar-refractivity contribution < 1.29 is 38.7 Å². The van der Waals surface area contributed by atoms with Gasteiger partial charge in [0.25, 0.3) is 0 Å². The van der Waals surface area contributed by atoms with Gasteiger partial charge in [-0.25, -0.2) is 0 Å². The molecular weight excluding hydrogens is 951 g/mol. The molecule has 17 heteroatoms. The van der Waals surface area contributed by atoms with Gasteiger partial charge in [-0.3, -0.25) is 38.6 Å². The van der Waals surface area contributed by atoms with Gasteiger partial charge in [-0.2, -0.15) is 0 Å². The van der Waals surface area contributed by atoms with Gasteiger partial charge in [0.05, 0.1) is 21.6 Å². The second kappa shape index (κ2) is 22.8. The SMILES string of the molecule is CCC(=O)[C@@H]1CCCN1C(=O)[C@H](Cc1ccccc1)N(C)C(=O)[C@@H](CC(C)C)NC(=O)[C@@]1(C)CSC([C@@H]2C[C@H](C)CN2C(=O)[C@@H](Cc2ccc(O)c(Br)c2)N(C)C(=O)[C@H](C)NC(=O)C(C)(C)C)=N1. The highest BCUT2D eigenvalue weighted by molar-refractivity contribution is 9.10. The van der Waals surface area contributed by atoms with Crippen LogP contribution in [-0.4, -0.2) is 146 Å². The standard InChI is InChI=1S/C51H72BrN7O8S/c1-12-41(60)37-19-16-22-58(37)46(64)39(26-33-17-14-13-15-18-33)57(11)45(63)36(23-30(2)3)54-49(67)51(9)29-68-43(55-51)38-24-31(4)28-59(38)47(65)40(27-34-20-21-42(61)35(52)25-34)56(10)44(62)32(5)53-48(66)50(6,7)8/h13-15,17-18,20-21,25,30-32,36-40,61H,12,16,19,22-24,26-29H2,1-11H3,(H,53,66)(H,54,67)/t31-,32-,36+,37-,38-,39-,40+,51+/m0/s1. The Morgan fingerprint density at radius 2 is 1.53 bits per heavy atom. The number of benzene rings is 2. The predicted octanol–water partition coefficient (Wildman–Crippen LogP) is 5.79. The predicted molar refractivity (Wildman–Crippen MR) is 269 cm³/mol. The minimum Gasteiger partial charge on any atom is -0.507 e. The van der Waals surface area contributed by atoms with E-state index in [1.165, 1.54) is 27.6 Å². The Labute approximate surface area is 415 Å². The highest BCUT2D eigenvalue weighted by atomic mass is 79.9. The first-order valence-electron chi connectivity index (χ1n) is 23.9. The molecule has 0 aliphatic carbocycles. The van der Waals surface area contributed by atoms with Crippen LogP contribution < -0.4 is 10.6 Å². The smallest absolute Gasteiger partial charge is 0.249 e. The molecule has 3 heterocycles. The number of nitrogens with one attached hydrogen (secondary N) is 2. The molecule has 2 fully saturated rings. The highest BCUT2D eigenvalue weighted by Crippen LogP contribution is 2.37. The summed E-state index contributed by atoms with van der Waals surface area (Å²) < 4.78 is 0.438. The van der Waals surface area contributed by atoms with Gasteiger partial charge < -0.3 is 35.3 Å². The molecule has 0 radical (unpaired) electrons. The largest absolute Gasteiger partial charge is 0.507 e. The summed E-state index contributed by atoms with van der Waals surface area (Å²) in [6.07, 6.45) is 2.80. The van der Waals surface area contributed by atoms with Crippen LogP contribution in [0.15, 0.2) is 58.0 Å². The Morgan fingerprint density at radius 1 is 0.912 bits per heavy atom. The molecule has 0 spiro atoms. The molecule has 6 amide bonds. The van der Waals surface area contributed by atoms with Gasteiger partial charge >= 0.3 is 0 Å². The van der Waals surface area contributed by atoms with Gasteiger partial charge in [0.1, 0.15) is 35.5 Å². The molecule has 68 heavy (non-hydrogen) atoms. The normalized spacial score (nSPS) is 22.2. The first-order valence-corrected chi connectivity index (χ1v) is 25.7. The van der Waals surface area contributed by atoms with Crippen LogP contribution in [0.3, 0.4) is 0 Å². The summed E-state index contributed by atoms with van der Waals surface area (Å²) in [7, 11) is 3.15. The fraction of sp³-hybridized carbons (Fsp3) is 0.608. The van der Waals surface area contributed by atoms with E-state index in [-0.39, 0.29) is 59.7 Å². The van der Waals surface area contributed by atoms with Crippen LogP contribution in [0, 0.1) is 17.3 Å². The maximum Gasteiger partial charge on any atom is 0.249 e. The van der Waals surface area contributed by atoms with Crippen LogP contribution in [0.25, 0.3) is 0 Å². The summed E-state index contributed by atoms with van der Waals surface area (Å²) in [4.78, 5) is 110. The van der Waals surface area contributed by atoms with Gasteiger partial charge in [0.15, 0.2) is 5.78 Å². The monoisotopic (exact) mass is 1020 g/mol. The van der Waals surface area contributed by atoms with Crippen LogP contribution in [-0.2, 0) is 46.4 Å². The molecule has 2 saturated heterocycles. The number of ketones is 1. The molecule has 3 aliphatic heterocycles. The van der Waals surface area contributed by atoms with Crippen molar-refractivity contribution in [2.24, 2.45) is 22.2 Å². The zero-order chi connectivity index (χ0) is 50.4. The first-order chi connectivity index (χ1) is 31.9. The quantitative estimate of drug-likeness (QED) is 0.166. The molecule has 0 bridgehead atoms. The number of rotatable bonds is 18. The van der Waals surface area contributed by atoms with Crippen LogP contribution in [0.4, 0.5) is 0 Å². The van der Waals surface area contributed by atoms with E-state index in [1.54, 1.807) is 77.6 Å². The van der Waals surface area contributed by atoms with E-state index in [2.05, 4.69) is 26.6 Å². The lowest BCUT2D eigenvalue weighted by Gasteiger charge is -2.36. The molecule has 3 N–H and O–H groups in total. The Hall–Kier alpha value is -4.77. The lowest BCUT2D eigenvalue weighted by molar-refractivity contribution is -0.148. The van der Waals surface area contributed by atoms with Crippen LogP contribution in [0.2, 0.25) is 0 Å². The van der Waals surface area contributed by atoms with E-state index < -0.39 is 64.9 Å². The number of likely N-dealkylation sites (N-methyl/N-ethyl adjacent to an activating group) is 2. The maximum atomic E-state index is 15.0. The summed E-state index contributed by atoms with van der Waals surface area (Å²) in [5.41, 5.74) is -0.496. The number of Topliss-reactive ketones (excluding diaryl/α,β-unsaturated/α-hetero) is 1. The molecule has 2 aromatic rings. The molecule has 2 aromatic carbocycles. The Kier molecular flexibility index (Phi) is 18.1. The number of aliphatic imine (C=N–C) groups is 1. The summed E-state index contributed by atoms with van der Waals surface area (Å²) in [6.45, 7) is 17.1. The number of nitrogens with zero attached hydrogens (tertiary/aromatic N) is 5. The lowest BCUT2D eigenvalue weighted by Crippen LogP contribution is -2.58. The molecular formula is C51H72BrN7O8S. The average Bonchev–Trinajstić information content (AvgIpc) is 4.05. The fourth-order valence-corrected chi connectivity index (χ4v) is 10.9. The summed E-state index contributed by atoms with van der Waals surface area (Å²) in [6, 6.07) is 9.52. The molecule has 5 rings (SSSR count). The highest BCUT2D eigenvalue weighted by Gasteiger charge is 2.48. The fourth-order valence-electron chi connectivity index (χ4n) is 9.17. The number of phenols is 1. The van der Waals surface area contributed by atoms with Crippen molar-refractivity contribution in [3.63, 3.8) is 0 Å². The third-order valence-electron chi connectivity index (χ3n) is 13.3. The van der Waals surface area contributed by atoms with E-state index in [9.17, 15) is 38.7 Å². The summed E-state index contributed by atoms with van der Waals surface area (Å²) in [5, 5.41) is 16.7. The van der Waals surface area contributed by atoms with E-state index in [0.717, 1.165) is 5.56 Å². The number of amides is 6. The van der Waals surface area contributed by atoms with Crippen molar-refractivity contribution in [1.29, 1.82) is 0 Å². The lowest BCUT2D eigenvalue weighted by atomic mass is 9.95. The number of likely N-dealkylation sites (tertiary alicyclic amines) is 2. The van der Waals surface area contributed by atoms with Crippen LogP contribution >= 0.6 is 27.7 Å². The Bertz CT molecular complexity index is 2240. The number of hydrogen-bond donors (Lipinski definition) is 3. The number of hydrogen-bond acceptors (Lipinski definition) is 10. The third kappa shape index (κ3) is 12.9. The van der Waals surface area contributed by atoms with Gasteiger partial charge in [-0.1, -0.05) is 84.9 Å². The average molecular weight is 1020 g/mol. The maximum absolute atomic E-state index is 15.0. The third-order valence-corrected chi connectivity index (χ3v) is 15.3. The van der Waals surface area contributed by atoms with E-state index in [4.69, 9.17) is 4.99 Å². The van der Waals surface area contributed by atoms with E-state index >= 15 is 0 Å². The van der Waals surface area contributed by atoms with Gasteiger partial charge in [-0.15, -0.1) is 11.8 Å². The molecule has 15 nitrogen and oxygen atoms in total. The van der Waals surface area contributed by atoms with Crippen molar-refractivity contribution in [2.45, 2.75) is 149 Å². The topological polar surface area (TPSA) is 189 Å². The Balaban J connectivity index is 1.40. The summed E-state index contributed by atoms with van der Waals surface area (Å²) in [5.74, 6) is -1.91. The molecule has 0 aromatic heterocycles. The van der Waals surface area contributed by atoms with Crippen molar-refractivity contribution in [2.75, 3.05) is 32.9 Å². The molecule has 372 valence electrons. The second-order valence-electron chi connectivity index (χ2n) is 20.6. The molecule has 0 saturated carbocycles. The van der Waals surface area contributed by atoms with E-state index in [0.29, 0.717) is 60.3 Å². The number of carbonyl (C=O) groups is 7. The minimum absolute atomic E-state index is 0.00572. The van der Waals surface area contributed by atoms with Crippen molar-refractivity contribution >= 4 is 74.0 Å². The number of carbonyl (C=O) groups excluding carboxylic acids is 7. The van der Waals surface area contributed by atoms with Crippen LogP contribution in [0.5, 0.6) is 5.75 Å². The number of thioether (sulfide) groups is 1. The van der Waals surface area contributed by atoms with Crippen LogP contribution in [0.1, 0.15) is 106 Å². The summed E-state index contributed by atoms with van der Waals surface area (Å²) >= 11 is 4.76. The minimum atomic E-state index is -1.30. The first kappa shape index (κ1) is 54.2. The van der Waals surface area contributed by atoms with Gasteiger partial charge in [-0.05, 0) is 90.6 Å².